The Morgan fingerprint density at radius 2 is 1.18 bits per heavy atom. The van der Waals surface area contributed by atoms with E-state index < -0.39 is 6.10 Å². The maximum Gasteiger partial charge on any atom is 0.126 e. The molecule has 0 aliphatic heterocycles. The molecule has 0 atom stereocenters. The average Bonchev–Trinajstić information content (AvgIpc) is 2.58. The van der Waals surface area contributed by atoms with Crippen molar-refractivity contribution in [3.63, 3.8) is 0 Å². The summed E-state index contributed by atoms with van der Waals surface area (Å²) in [7, 11) is 3.26. The van der Waals surface area contributed by atoms with Gasteiger partial charge in [0.05, 0.1) is 20.3 Å². The van der Waals surface area contributed by atoms with Crippen molar-refractivity contribution in [2.24, 2.45) is 0 Å². The van der Waals surface area contributed by atoms with E-state index in [0.29, 0.717) is 0 Å². The molecule has 1 N–H and O–H groups in total. The van der Waals surface area contributed by atoms with E-state index in [0.717, 1.165) is 22.6 Å². The maximum absolute atomic E-state index is 10.0. The summed E-state index contributed by atoms with van der Waals surface area (Å²) in [6.07, 6.45) is 6.43. The highest BCUT2D eigenvalue weighted by Crippen LogP contribution is 2.20. The van der Waals surface area contributed by atoms with Gasteiger partial charge in [-0.15, -0.1) is 0 Å². The lowest BCUT2D eigenvalue weighted by Gasteiger charge is -2.05. The third-order valence-corrected chi connectivity index (χ3v) is 3.22. The van der Waals surface area contributed by atoms with Crippen molar-refractivity contribution in [2.45, 2.75) is 6.10 Å². The zero-order valence-corrected chi connectivity index (χ0v) is 12.8. The number of hydrogen-bond acceptors (Lipinski definition) is 3. The molecule has 22 heavy (non-hydrogen) atoms. The summed E-state index contributed by atoms with van der Waals surface area (Å²) in [5, 5.41) is 10.0. The third kappa shape index (κ3) is 4.24. The van der Waals surface area contributed by atoms with E-state index in [1.165, 1.54) is 0 Å². The highest BCUT2D eigenvalue weighted by atomic mass is 16.5. The normalized spacial score (nSPS) is 12.7. The van der Waals surface area contributed by atoms with Gasteiger partial charge in [0, 0.05) is 11.1 Å². The van der Waals surface area contributed by atoms with Crippen LogP contribution in [0.5, 0.6) is 11.5 Å². The lowest BCUT2D eigenvalue weighted by atomic mass is 10.1. The molecule has 2 aromatic carbocycles. The van der Waals surface area contributed by atoms with Crippen LogP contribution in [0.3, 0.4) is 0 Å². The second-order valence-corrected chi connectivity index (χ2v) is 4.69. The second kappa shape index (κ2) is 8.05. The number of rotatable bonds is 6. The molecule has 2 rings (SSSR count). The molecule has 0 amide bonds. The van der Waals surface area contributed by atoms with Crippen LogP contribution >= 0.6 is 0 Å². The van der Waals surface area contributed by atoms with Crippen molar-refractivity contribution in [2.75, 3.05) is 14.2 Å². The molecular weight excluding hydrogens is 276 g/mol. The van der Waals surface area contributed by atoms with Crippen LogP contribution in [0.4, 0.5) is 0 Å². The SMILES string of the molecule is COc1ccccc1C=CC(O)C=Cc1ccccc1OC. The van der Waals surface area contributed by atoms with Crippen LogP contribution in [-0.2, 0) is 0 Å². The predicted molar refractivity (Wildman–Crippen MR) is 90.1 cm³/mol. The van der Waals surface area contributed by atoms with Crippen LogP contribution < -0.4 is 9.47 Å². The van der Waals surface area contributed by atoms with Gasteiger partial charge in [0.15, 0.2) is 0 Å². The molecule has 0 heterocycles. The van der Waals surface area contributed by atoms with Gasteiger partial charge in [-0.3, -0.25) is 0 Å². The minimum Gasteiger partial charge on any atom is -0.496 e. The minimum atomic E-state index is -0.685. The number of para-hydroxylation sites is 2. The molecule has 0 fully saturated rings. The number of aliphatic hydroxyl groups is 1. The molecule has 114 valence electrons. The Bertz CT molecular complexity index is 602. The van der Waals surface area contributed by atoms with Crippen molar-refractivity contribution in [1.29, 1.82) is 0 Å². The number of hydrogen-bond donors (Lipinski definition) is 1. The first-order valence-corrected chi connectivity index (χ1v) is 7.05. The molecule has 2 aromatic rings. The standard InChI is InChI=1S/C19H20O3/c1-21-18-9-5-3-7-15(18)11-13-17(20)14-12-16-8-4-6-10-19(16)22-2/h3-14,17,20H,1-2H3. The maximum atomic E-state index is 10.0. The topological polar surface area (TPSA) is 38.7 Å². The largest absolute Gasteiger partial charge is 0.496 e. The lowest BCUT2D eigenvalue weighted by Crippen LogP contribution is -1.96. The van der Waals surface area contributed by atoms with E-state index in [9.17, 15) is 5.11 Å². The first-order chi connectivity index (χ1) is 10.7. The summed E-state index contributed by atoms with van der Waals surface area (Å²) in [4.78, 5) is 0. The van der Waals surface area contributed by atoms with Crippen LogP contribution in [0.15, 0.2) is 60.7 Å². The summed E-state index contributed by atoms with van der Waals surface area (Å²) < 4.78 is 10.5. The number of benzene rings is 2. The van der Waals surface area contributed by atoms with Crippen LogP contribution in [0.1, 0.15) is 11.1 Å². The molecule has 3 nitrogen and oxygen atoms in total. The molecule has 0 bridgehead atoms. The molecule has 0 saturated heterocycles. The van der Waals surface area contributed by atoms with E-state index in [1.54, 1.807) is 26.4 Å². The van der Waals surface area contributed by atoms with E-state index in [4.69, 9.17) is 9.47 Å². The smallest absolute Gasteiger partial charge is 0.126 e. The van der Waals surface area contributed by atoms with Crippen molar-refractivity contribution in [1.82, 2.24) is 0 Å². The number of methoxy groups -OCH3 is 2. The van der Waals surface area contributed by atoms with Gasteiger partial charge in [0.1, 0.15) is 11.5 Å². The first kappa shape index (κ1) is 15.9. The zero-order chi connectivity index (χ0) is 15.8. The number of aliphatic hydroxyl groups excluding tert-OH is 1. The van der Waals surface area contributed by atoms with Crippen molar-refractivity contribution < 1.29 is 14.6 Å². The summed E-state index contributed by atoms with van der Waals surface area (Å²) in [5.41, 5.74) is 1.85. The molecule has 0 unspecified atom stereocenters. The fourth-order valence-electron chi connectivity index (χ4n) is 2.08. The van der Waals surface area contributed by atoms with Gasteiger partial charge in [0.25, 0.3) is 0 Å². The Kier molecular flexibility index (Phi) is 5.81. The van der Waals surface area contributed by atoms with E-state index in [1.807, 2.05) is 60.7 Å². The van der Waals surface area contributed by atoms with Gasteiger partial charge in [0.2, 0.25) is 0 Å². The van der Waals surface area contributed by atoms with Gasteiger partial charge in [-0.05, 0) is 12.1 Å². The highest BCUT2D eigenvalue weighted by molar-refractivity contribution is 5.60. The molecule has 0 aromatic heterocycles. The Morgan fingerprint density at radius 3 is 1.59 bits per heavy atom. The fourth-order valence-corrected chi connectivity index (χ4v) is 2.08. The van der Waals surface area contributed by atoms with Crippen molar-refractivity contribution in [3.05, 3.63) is 71.8 Å². The van der Waals surface area contributed by atoms with E-state index in [-0.39, 0.29) is 0 Å². The Balaban J connectivity index is 2.07. The second-order valence-electron chi connectivity index (χ2n) is 4.69. The summed E-state index contributed by atoms with van der Waals surface area (Å²) in [6.45, 7) is 0. The van der Waals surface area contributed by atoms with E-state index >= 15 is 0 Å². The Morgan fingerprint density at radius 1 is 0.773 bits per heavy atom. The number of ether oxygens (including phenoxy) is 2. The minimum absolute atomic E-state index is 0.685. The third-order valence-electron chi connectivity index (χ3n) is 3.22. The quantitative estimate of drug-likeness (QED) is 0.881. The molecule has 0 radical (unpaired) electrons. The van der Waals surface area contributed by atoms with Gasteiger partial charge < -0.3 is 14.6 Å². The molecule has 0 aliphatic carbocycles. The average molecular weight is 296 g/mol. The summed E-state index contributed by atoms with van der Waals surface area (Å²) >= 11 is 0. The van der Waals surface area contributed by atoms with E-state index in [2.05, 4.69) is 0 Å². The zero-order valence-electron chi connectivity index (χ0n) is 12.8. The molecule has 0 spiro atoms. The predicted octanol–water partition coefficient (Wildman–Crippen LogP) is 3.79. The van der Waals surface area contributed by atoms with Gasteiger partial charge in [-0.25, -0.2) is 0 Å². The lowest BCUT2D eigenvalue weighted by molar-refractivity contribution is 0.273. The highest BCUT2D eigenvalue weighted by Gasteiger charge is 2.00. The monoisotopic (exact) mass is 296 g/mol. The van der Waals surface area contributed by atoms with Gasteiger partial charge in [-0.1, -0.05) is 60.7 Å². The van der Waals surface area contributed by atoms with Gasteiger partial charge in [-0.2, -0.15) is 0 Å². The summed E-state index contributed by atoms with van der Waals surface area (Å²) in [5.74, 6) is 1.55. The van der Waals surface area contributed by atoms with Gasteiger partial charge >= 0.3 is 0 Å². The molecular formula is C19H20O3. The Labute approximate surface area is 131 Å². The van der Waals surface area contributed by atoms with Crippen LogP contribution in [0.2, 0.25) is 0 Å². The van der Waals surface area contributed by atoms with Crippen molar-refractivity contribution in [3.8, 4) is 11.5 Å². The van der Waals surface area contributed by atoms with Crippen LogP contribution in [0.25, 0.3) is 12.2 Å². The Hall–Kier alpha value is -2.52. The fraction of sp³-hybridized carbons (Fsp3) is 0.158. The molecule has 3 heteroatoms. The van der Waals surface area contributed by atoms with Crippen LogP contribution in [0, 0.1) is 0 Å². The molecule has 0 aliphatic rings. The first-order valence-electron chi connectivity index (χ1n) is 7.05. The molecule has 0 saturated carbocycles. The van der Waals surface area contributed by atoms with Crippen molar-refractivity contribution >= 4 is 12.2 Å². The van der Waals surface area contributed by atoms with Crippen LogP contribution in [-0.4, -0.2) is 25.4 Å². The summed E-state index contributed by atoms with van der Waals surface area (Å²) in [6, 6.07) is 15.3.